The Hall–Kier alpha value is -3.15. The number of hydrogen-bond acceptors (Lipinski definition) is 23. The number of rotatable bonds is 16. The Balaban J connectivity index is 0.000000365. The van der Waals surface area contributed by atoms with Gasteiger partial charge in [-0.25, -0.2) is 45.8 Å². The van der Waals surface area contributed by atoms with Crippen LogP contribution in [0.25, 0.3) is 0 Å². The number of phosphoric acid groups is 6. The summed E-state index contributed by atoms with van der Waals surface area (Å²) in [7, 11) is -34.4. The summed E-state index contributed by atoms with van der Waals surface area (Å²) in [5.41, 5.74) is -9.82. The third-order valence-corrected chi connectivity index (χ3v) is 16.1. The second-order valence-electron chi connectivity index (χ2n) is 13.5. The molecule has 6 unspecified atom stereocenters. The molecule has 2 saturated heterocycles. The first-order valence-corrected chi connectivity index (χ1v) is 26.7. The highest BCUT2D eigenvalue weighted by Crippen LogP contribution is 2.68. The zero-order valence-corrected chi connectivity index (χ0v) is 39.6. The van der Waals surface area contributed by atoms with Crippen molar-refractivity contribution >= 4 is 46.9 Å². The van der Waals surface area contributed by atoms with Gasteiger partial charge in [0.2, 0.25) is 5.60 Å². The van der Waals surface area contributed by atoms with Crippen molar-refractivity contribution in [1.82, 2.24) is 24.3 Å². The molecule has 0 radical (unpaired) electrons. The van der Waals surface area contributed by atoms with E-state index in [0.29, 0.717) is 15.4 Å². The van der Waals surface area contributed by atoms with Gasteiger partial charge in [-0.2, -0.15) is 27.0 Å². The lowest BCUT2D eigenvalue weighted by Crippen LogP contribution is -2.49. The Morgan fingerprint density at radius 2 is 1.07 bits per heavy atom. The largest absolute Gasteiger partial charge is 0.490 e. The minimum Gasteiger partial charge on any atom is -0.386 e. The Bertz CT molecular complexity index is 2900. The summed E-state index contributed by atoms with van der Waals surface area (Å²) in [6.07, 6.45) is -15.2. The quantitative estimate of drug-likeness (QED) is 0.0565. The van der Waals surface area contributed by atoms with Gasteiger partial charge in [-0.1, -0.05) is 23.7 Å². The SMILES string of the molecule is C[C@@H](OP(=O)(O)OP(=O)(O)OP(=O)(O)O)[C@H]1O[C@@H](n2ncc(=O)[nH]c2=O)C(O)(C#CCF)[C@H]1O.Cc1cc(=O)[nH]c(=O)n1[C@@H]1O[C@H]([C@@H](C)OP(=O)(O)OP(=O)(O)OP(=O)(O)O)[C@H](O)C1(O)C#CCF. The fourth-order valence-corrected chi connectivity index (χ4v) is 12.3. The summed E-state index contributed by atoms with van der Waals surface area (Å²) in [4.78, 5) is 123. The predicted octanol–water partition coefficient (Wildman–Crippen LogP) is -3.84. The zero-order valence-electron chi connectivity index (χ0n) is 34.2. The van der Waals surface area contributed by atoms with Crippen molar-refractivity contribution in [3.63, 3.8) is 0 Å². The van der Waals surface area contributed by atoms with Crippen LogP contribution in [-0.4, -0.2) is 145 Å². The second-order valence-corrected chi connectivity index (χ2v) is 22.2. The molecule has 2 aromatic rings. The van der Waals surface area contributed by atoms with E-state index in [1.807, 2.05) is 22.7 Å². The number of aromatic nitrogens is 5. The van der Waals surface area contributed by atoms with Crippen LogP contribution in [0.4, 0.5) is 8.78 Å². The summed E-state index contributed by atoms with van der Waals surface area (Å²) >= 11 is 0. The van der Waals surface area contributed by atoms with Crippen molar-refractivity contribution in [2.24, 2.45) is 0 Å². The highest BCUT2D eigenvalue weighted by Gasteiger charge is 2.60. The molecule has 4 rings (SSSR count). The van der Waals surface area contributed by atoms with E-state index in [1.54, 1.807) is 10.9 Å². The molecule has 0 aromatic carbocycles. The smallest absolute Gasteiger partial charge is 0.386 e. The lowest BCUT2D eigenvalue weighted by Gasteiger charge is -2.28. The standard InChI is InChI=1S/C14H20FN2O15P3.C12H17FN3O15P3/c1-7-6-9(18)16-13(20)17(7)12-14(21,4-3-5-15)11(19)10(29-12)8(2)30-34(25,26)32-35(27,28)31-33(22,23)24;1-6(29-33(24,25)31-34(26,27)30-32(21,22)23)8-9(18)12(20,3-2-4-13)10(28-8)16-11(19)15-7(17)5-14-16/h6,8,10-12,19,21H,5H2,1-2H3,(H,25,26)(H,27,28)(H,16,18,20)(H2,22,23,24);5-6,8-10,18,20H,4H2,1H3,(H,24,25)(H,26,27)(H,15,17,19)(H2,21,22,23)/t8-,10-,11+,12-,14?;6-,8-,9+,10-,12?/m11/s1. The molecule has 14 atom stereocenters. The first kappa shape index (κ1) is 60.2. The Morgan fingerprint density at radius 3 is 1.45 bits per heavy atom. The van der Waals surface area contributed by atoms with Gasteiger partial charge in [0.15, 0.2) is 18.1 Å². The number of aliphatic hydroxyl groups is 4. The van der Waals surface area contributed by atoms with Crippen molar-refractivity contribution in [2.45, 2.75) is 81.1 Å². The van der Waals surface area contributed by atoms with Crippen LogP contribution in [0.5, 0.6) is 0 Å². The van der Waals surface area contributed by atoms with E-state index >= 15 is 0 Å². The van der Waals surface area contributed by atoms with Gasteiger partial charge in [0, 0.05) is 11.8 Å². The highest BCUT2D eigenvalue weighted by atomic mass is 31.3. The number of nitrogens with one attached hydrogen (secondary N) is 2. The Kier molecular flexibility index (Phi) is 19.5. The molecule has 14 N–H and O–H groups in total. The molecule has 69 heavy (non-hydrogen) atoms. The number of aryl methyl sites for hydroxylation is 1. The number of phosphoric ester groups is 2. The molecule has 0 bridgehead atoms. The molecular weight excluding hydrogens is 1090 g/mol. The van der Waals surface area contributed by atoms with E-state index in [4.69, 9.17) is 29.0 Å². The van der Waals surface area contributed by atoms with Gasteiger partial charge in [-0.3, -0.25) is 33.2 Å². The molecule has 43 heteroatoms. The van der Waals surface area contributed by atoms with Gasteiger partial charge >= 0.3 is 58.3 Å². The predicted molar refractivity (Wildman–Crippen MR) is 211 cm³/mol. The first-order chi connectivity index (χ1) is 31.2. The number of halogens is 2. The van der Waals surface area contributed by atoms with Gasteiger partial charge in [0.1, 0.15) is 44.0 Å². The van der Waals surface area contributed by atoms with Gasteiger partial charge in [0.25, 0.3) is 11.1 Å². The molecule has 0 spiro atoms. The number of ether oxygens (including phenoxy) is 2. The molecule has 2 aliphatic heterocycles. The van der Waals surface area contributed by atoms with E-state index < -0.39 is 143 Å². The van der Waals surface area contributed by atoms with Crippen molar-refractivity contribution in [3.8, 4) is 23.7 Å². The molecule has 0 aliphatic carbocycles. The van der Waals surface area contributed by atoms with Crippen LogP contribution in [0.1, 0.15) is 32.0 Å². The maximum atomic E-state index is 12.7. The summed E-state index contributed by atoms with van der Waals surface area (Å²) in [5.74, 6) is 7.54. The zero-order chi connectivity index (χ0) is 53.1. The van der Waals surface area contributed by atoms with Crippen LogP contribution in [-0.2, 0) is 63.2 Å². The van der Waals surface area contributed by atoms with E-state index in [9.17, 15) is 95.3 Å². The lowest BCUT2D eigenvalue weighted by atomic mass is 9.92. The third kappa shape index (κ3) is 16.2. The number of H-pyrrole nitrogens is 2. The Morgan fingerprint density at radius 1 is 0.681 bits per heavy atom. The first-order valence-electron chi connectivity index (χ1n) is 17.6. The van der Waals surface area contributed by atoms with Gasteiger partial charge in [-0.05, 0) is 20.8 Å². The molecule has 2 fully saturated rings. The van der Waals surface area contributed by atoms with Gasteiger partial charge < -0.3 is 69.0 Å². The summed E-state index contributed by atoms with van der Waals surface area (Å²) < 4.78 is 129. The number of alkyl halides is 2. The molecule has 35 nitrogen and oxygen atoms in total. The van der Waals surface area contributed by atoms with Crippen LogP contribution in [0.15, 0.2) is 31.4 Å². The second kappa shape index (κ2) is 22.3. The molecule has 2 aliphatic rings. The molecule has 4 heterocycles. The van der Waals surface area contributed by atoms with Crippen molar-refractivity contribution in [1.29, 1.82) is 0 Å². The van der Waals surface area contributed by atoms with E-state index in [-0.39, 0.29) is 5.69 Å². The maximum absolute atomic E-state index is 12.7. The van der Waals surface area contributed by atoms with Crippen molar-refractivity contribution < 1.29 is 132 Å². The lowest BCUT2D eigenvalue weighted by molar-refractivity contribution is -0.0933. The molecule has 390 valence electrons. The van der Waals surface area contributed by atoms with Crippen LogP contribution in [0.2, 0.25) is 0 Å². The average Bonchev–Trinajstić information content (AvgIpc) is 3.54. The molecule has 0 saturated carbocycles. The number of aliphatic hydroxyl groups excluding tert-OH is 2. The van der Waals surface area contributed by atoms with Crippen LogP contribution >= 0.6 is 46.9 Å². The van der Waals surface area contributed by atoms with E-state index in [0.717, 1.165) is 19.9 Å². The van der Waals surface area contributed by atoms with Crippen LogP contribution in [0, 0.1) is 30.6 Å². The fraction of sp³-hybridized carbons (Fsp3) is 0.577. The number of hydrogen-bond donors (Lipinski definition) is 14. The fourth-order valence-electron chi connectivity index (χ4n) is 5.88. The van der Waals surface area contributed by atoms with Crippen LogP contribution in [0.3, 0.4) is 0 Å². The minimum absolute atomic E-state index is 0.0994. The maximum Gasteiger partial charge on any atom is 0.490 e. The third-order valence-electron chi connectivity index (χ3n) is 8.28. The van der Waals surface area contributed by atoms with Crippen molar-refractivity contribution in [3.05, 3.63) is 59.6 Å². The molecular formula is C26H37F2N5O30P6. The summed E-state index contributed by atoms with van der Waals surface area (Å²) in [6, 6.07) is 0.920. The Labute approximate surface area is 380 Å². The normalized spacial score (nSPS) is 29.2. The minimum atomic E-state index is -5.86. The monoisotopic (exact) mass is 1120 g/mol. The van der Waals surface area contributed by atoms with Crippen molar-refractivity contribution in [2.75, 3.05) is 13.3 Å². The van der Waals surface area contributed by atoms with Crippen LogP contribution < -0.4 is 22.5 Å². The average molecular weight is 1120 g/mol. The molecule has 0 amide bonds. The highest BCUT2D eigenvalue weighted by molar-refractivity contribution is 7.67. The summed E-state index contributed by atoms with van der Waals surface area (Å²) in [5, 5.41) is 46.4. The van der Waals surface area contributed by atoms with Gasteiger partial charge in [0.05, 0.1) is 12.2 Å². The topological polar surface area (TPSA) is 542 Å². The molecule has 2 aromatic heterocycles. The number of aromatic amines is 2. The van der Waals surface area contributed by atoms with E-state index in [1.165, 1.54) is 6.92 Å². The van der Waals surface area contributed by atoms with Gasteiger partial charge in [-0.15, -0.1) is 0 Å². The summed E-state index contributed by atoms with van der Waals surface area (Å²) in [6.45, 7) is 0.458. The number of nitrogens with zero attached hydrogens (tertiary/aromatic N) is 3. The van der Waals surface area contributed by atoms with E-state index in [2.05, 4.69) is 31.4 Å².